The molecule has 0 heterocycles. The molecule has 1 amide bonds. The van der Waals surface area contributed by atoms with Crippen LogP contribution in [0.1, 0.15) is 49.7 Å². The van der Waals surface area contributed by atoms with Crippen molar-refractivity contribution < 1.29 is 22.1 Å². The van der Waals surface area contributed by atoms with Crippen molar-refractivity contribution in [3.8, 4) is 5.75 Å². The normalized spacial score (nSPS) is 30.0. The van der Waals surface area contributed by atoms with Crippen molar-refractivity contribution in [1.29, 1.82) is 0 Å². The predicted octanol–water partition coefficient (Wildman–Crippen LogP) is 2.42. The number of nitrogens with one attached hydrogen (secondary N) is 1. The van der Waals surface area contributed by atoms with Gasteiger partial charge in [-0.05, 0) is 73.1 Å². The Bertz CT molecular complexity index is 974. The summed E-state index contributed by atoms with van der Waals surface area (Å²) in [5.41, 5.74) is 3.27. The molecule has 3 aliphatic carbocycles. The van der Waals surface area contributed by atoms with E-state index in [4.69, 9.17) is 14.1 Å². The first-order valence-corrected chi connectivity index (χ1v) is 12.0. The van der Waals surface area contributed by atoms with Gasteiger partial charge in [0.2, 0.25) is 5.91 Å². The Morgan fingerprint density at radius 3 is 2.87 bits per heavy atom. The Labute approximate surface area is 178 Å². The number of ether oxygens (including phenoxy) is 1. The fourth-order valence-corrected chi connectivity index (χ4v) is 6.40. The van der Waals surface area contributed by atoms with E-state index in [0.717, 1.165) is 43.2 Å². The molecule has 1 aromatic carbocycles. The maximum atomic E-state index is 12.8. The number of amides is 1. The lowest BCUT2D eigenvalue weighted by molar-refractivity contribution is -0.119. The van der Waals surface area contributed by atoms with Gasteiger partial charge in [0.25, 0.3) is 0 Å². The Morgan fingerprint density at radius 1 is 1.33 bits per heavy atom. The second-order valence-corrected chi connectivity index (χ2v) is 10.1. The number of allylic oxidation sites excluding steroid dienone is 1. The van der Waals surface area contributed by atoms with Crippen LogP contribution in [0.25, 0.3) is 0 Å². The zero-order chi connectivity index (χ0) is 21.5. The van der Waals surface area contributed by atoms with E-state index >= 15 is 0 Å². The summed E-state index contributed by atoms with van der Waals surface area (Å²) >= 11 is 0. The Balaban J connectivity index is 1.52. The second-order valence-electron chi connectivity index (χ2n) is 8.91. The highest BCUT2D eigenvalue weighted by atomic mass is 32.2. The van der Waals surface area contributed by atoms with Crippen LogP contribution >= 0.6 is 0 Å². The molecular weight excluding hydrogens is 404 g/mol. The molecule has 30 heavy (non-hydrogen) atoms. The van der Waals surface area contributed by atoms with Crippen molar-refractivity contribution >= 4 is 16.2 Å². The molecule has 0 radical (unpaired) electrons. The zero-order valence-electron chi connectivity index (χ0n) is 17.5. The van der Waals surface area contributed by atoms with Crippen LogP contribution in [0.2, 0.25) is 0 Å². The van der Waals surface area contributed by atoms with Crippen LogP contribution < -0.4 is 14.6 Å². The lowest BCUT2D eigenvalue weighted by Crippen LogP contribution is -2.44. The first kappa shape index (κ1) is 21.3. The van der Waals surface area contributed by atoms with E-state index in [0.29, 0.717) is 30.9 Å². The molecule has 0 aromatic heterocycles. The fraction of sp³-hybridized carbons (Fsp3) is 0.591. The van der Waals surface area contributed by atoms with Gasteiger partial charge in [-0.1, -0.05) is 19.1 Å². The summed E-state index contributed by atoms with van der Waals surface area (Å²) in [6, 6.07) is 5.50. The van der Waals surface area contributed by atoms with Crippen LogP contribution in [0.5, 0.6) is 5.75 Å². The van der Waals surface area contributed by atoms with Gasteiger partial charge in [-0.25, -0.2) is 0 Å². The molecule has 4 atom stereocenters. The number of carbonyl (C=O) groups excluding carboxylic acids is 1. The summed E-state index contributed by atoms with van der Waals surface area (Å²) in [5.74, 6) is 1.71. The first-order chi connectivity index (χ1) is 14.2. The number of hydrogen-bond acceptors (Lipinski definition) is 5. The number of methoxy groups -OCH3 is 1. The van der Waals surface area contributed by atoms with E-state index in [9.17, 15) is 13.2 Å². The number of benzene rings is 1. The number of aryl methyl sites for hydroxylation is 1. The first-order valence-electron chi connectivity index (χ1n) is 10.6. The smallest absolute Gasteiger partial charge is 0.380 e. The third-order valence-corrected chi connectivity index (χ3v) is 7.75. The Kier molecular flexibility index (Phi) is 5.67. The molecular formula is C22H30N2O5S. The number of hydrogen-bond donors (Lipinski definition) is 2. The van der Waals surface area contributed by atoms with Crippen molar-refractivity contribution in [2.45, 2.75) is 44.9 Å². The van der Waals surface area contributed by atoms with Gasteiger partial charge in [0, 0.05) is 24.6 Å². The molecule has 7 nitrogen and oxygen atoms in total. The van der Waals surface area contributed by atoms with Gasteiger partial charge in [-0.3, -0.25) is 4.79 Å². The summed E-state index contributed by atoms with van der Waals surface area (Å²) in [6.07, 6.45) is 6.98. The lowest BCUT2D eigenvalue weighted by Gasteiger charge is -2.50. The summed E-state index contributed by atoms with van der Waals surface area (Å²) in [4.78, 5) is 12.8. The largest absolute Gasteiger partial charge is 0.383 e. The minimum Gasteiger partial charge on any atom is -0.383 e. The molecule has 3 aliphatic rings. The van der Waals surface area contributed by atoms with Crippen LogP contribution in [0, 0.1) is 17.3 Å². The molecule has 1 aromatic rings. The van der Waals surface area contributed by atoms with Crippen LogP contribution in [-0.2, 0) is 26.3 Å². The number of rotatable bonds is 6. The summed E-state index contributed by atoms with van der Waals surface area (Å²) in [5, 5.41) is 7.99. The monoisotopic (exact) mass is 434 g/mol. The fourth-order valence-electron chi connectivity index (χ4n) is 6.03. The van der Waals surface area contributed by atoms with Crippen LogP contribution in [0.4, 0.5) is 0 Å². The van der Waals surface area contributed by atoms with E-state index in [-0.39, 0.29) is 17.1 Å². The molecule has 0 spiro atoms. The van der Waals surface area contributed by atoms with Crippen molar-refractivity contribution in [3.63, 3.8) is 0 Å². The molecule has 3 N–H and O–H groups in total. The third-order valence-electron chi connectivity index (χ3n) is 7.33. The van der Waals surface area contributed by atoms with Gasteiger partial charge in [0.1, 0.15) is 5.75 Å². The average molecular weight is 435 g/mol. The minimum atomic E-state index is -4.02. The van der Waals surface area contributed by atoms with Gasteiger partial charge in [-0.15, -0.1) is 0 Å². The van der Waals surface area contributed by atoms with Crippen molar-refractivity contribution in [1.82, 2.24) is 5.32 Å². The van der Waals surface area contributed by atoms with Gasteiger partial charge in [-0.2, -0.15) is 13.6 Å². The van der Waals surface area contributed by atoms with E-state index in [2.05, 4.69) is 18.3 Å². The SMILES string of the molecule is COCCNC(=O)C1=CCC2C3CCc4cc(OS(N)(=O)=O)ccc4C3CCC12C. The van der Waals surface area contributed by atoms with Gasteiger partial charge in [0.05, 0.1) is 6.61 Å². The Morgan fingerprint density at radius 2 is 2.13 bits per heavy atom. The highest BCUT2D eigenvalue weighted by Crippen LogP contribution is 2.61. The molecule has 0 aliphatic heterocycles. The van der Waals surface area contributed by atoms with Gasteiger partial charge in [0.15, 0.2) is 0 Å². The maximum Gasteiger partial charge on any atom is 0.380 e. The molecule has 4 unspecified atom stereocenters. The van der Waals surface area contributed by atoms with E-state index in [1.165, 1.54) is 5.56 Å². The molecule has 0 saturated heterocycles. The molecule has 0 bridgehead atoms. The molecule has 164 valence electrons. The van der Waals surface area contributed by atoms with Crippen molar-refractivity contribution in [2.75, 3.05) is 20.3 Å². The van der Waals surface area contributed by atoms with Crippen molar-refractivity contribution in [3.05, 3.63) is 41.0 Å². The standard InChI is InChI=1S/C22H30N2O5S/c1-22-10-9-17-16-6-4-15(29-30(23,26)27)13-14(16)3-5-18(17)19(22)7-8-20(22)21(25)24-11-12-28-2/h4,6,8,13,17-19H,3,5,7,9-12H2,1-2H3,(H,24,25)(H2,23,26,27). The summed E-state index contributed by atoms with van der Waals surface area (Å²) < 4.78 is 32.4. The summed E-state index contributed by atoms with van der Waals surface area (Å²) in [7, 11) is -2.39. The lowest BCUT2D eigenvalue weighted by atomic mass is 9.54. The second kappa shape index (κ2) is 7.98. The highest BCUT2D eigenvalue weighted by molar-refractivity contribution is 7.84. The molecule has 4 rings (SSSR count). The molecule has 1 fully saturated rings. The maximum absolute atomic E-state index is 12.8. The van der Waals surface area contributed by atoms with Crippen LogP contribution in [0.15, 0.2) is 29.8 Å². The Hall–Kier alpha value is -1.90. The summed E-state index contributed by atoms with van der Waals surface area (Å²) in [6.45, 7) is 3.29. The van der Waals surface area contributed by atoms with E-state index in [1.807, 2.05) is 12.1 Å². The van der Waals surface area contributed by atoms with Crippen LogP contribution in [0.3, 0.4) is 0 Å². The number of nitrogens with two attached hydrogens (primary N) is 1. The van der Waals surface area contributed by atoms with Crippen molar-refractivity contribution in [2.24, 2.45) is 22.4 Å². The third kappa shape index (κ3) is 3.88. The zero-order valence-corrected chi connectivity index (χ0v) is 18.3. The quantitative estimate of drug-likeness (QED) is 0.669. The topological polar surface area (TPSA) is 108 Å². The number of fused-ring (bicyclic) bond motifs is 5. The van der Waals surface area contributed by atoms with Crippen LogP contribution in [-0.4, -0.2) is 34.6 Å². The number of carbonyl (C=O) groups is 1. The molecule has 1 saturated carbocycles. The highest BCUT2D eigenvalue weighted by Gasteiger charge is 2.53. The van der Waals surface area contributed by atoms with Gasteiger partial charge >= 0.3 is 10.3 Å². The van der Waals surface area contributed by atoms with E-state index in [1.54, 1.807) is 13.2 Å². The molecule has 8 heteroatoms. The van der Waals surface area contributed by atoms with E-state index < -0.39 is 10.3 Å². The minimum absolute atomic E-state index is 0.0384. The predicted molar refractivity (Wildman–Crippen MR) is 113 cm³/mol. The van der Waals surface area contributed by atoms with Gasteiger partial charge < -0.3 is 14.2 Å². The average Bonchev–Trinajstić information content (AvgIpc) is 3.03.